The molecule has 6 nitrogen and oxygen atoms in total. The number of piperidine rings is 1. The van der Waals surface area contributed by atoms with Gasteiger partial charge in [-0.1, -0.05) is 0 Å². The van der Waals surface area contributed by atoms with Crippen LogP contribution in [0, 0.1) is 5.92 Å². The van der Waals surface area contributed by atoms with Gasteiger partial charge in [-0.2, -0.15) is 0 Å². The Bertz CT molecular complexity index is 629. The van der Waals surface area contributed by atoms with Gasteiger partial charge in [-0.25, -0.2) is 8.42 Å². The summed E-state index contributed by atoms with van der Waals surface area (Å²) in [6.45, 7) is 2.91. The molecule has 0 saturated carbocycles. The third-order valence-corrected chi connectivity index (χ3v) is 5.31. The van der Waals surface area contributed by atoms with E-state index in [0.29, 0.717) is 31.2 Å². The largest absolute Gasteiger partial charge is 0.492 e. The Morgan fingerprint density at radius 1 is 1.24 bits per heavy atom. The lowest BCUT2D eigenvalue weighted by Crippen LogP contribution is -2.30. The molecule has 1 amide bonds. The summed E-state index contributed by atoms with van der Waals surface area (Å²) in [4.78, 5) is 12.1. The first kappa shape index (κ1) is 21.7. The predicted octanol–water partition coefficient (Wildman–Crippen LogP) is 1.79. The Balaban J connectivity index is 0.00000312. The fourth-order valence-corrected chi connectivity index (χ4v) is 3.37. The number of carbonyl (C=O) groups excluding carboxylic acids is 1. The smallest absolute Gasteiger partial charge is 0.220 e. The Hall–Kier alpha value is -1.31. The molecule has 142 valence electrons. The fourth-order valence-electron chi connectivity index (χ4n) is 2.74. The fraction of sp³-hybridized carbons (Fsp3) is 0.588. The molecule has 0 atom stereocenters. The molecule has 0 spiro atoms. The topological polar surface area (TPSA) is 84.5 Å². The first-order valence-electron chi connectivity index (χ1n) is 8.35. The summed E-state index contributed by atoms with van der Waals surface area (Å²) in [6.07, 6.45) is 4.98. The number of hydrogen-bond donors (Lipinski definition) is 2. The van der Waals surface area contributed by atoms with Gasteiger partial charge in [0.1, 0.15) is 12.4 Å². The second kappa shape index (κ2) is 10.6. The zero-order valence-electron chi connectivity index (χ0n) is 14.5. The van der Waals surface area contributed by atoms with Gasteiger partial charge >= 0.3 is 0 Å². The first-order valence-corrected chi connectivity index (χ1v) is 10.2. The molecule has 0 aliphatic carbocycles. The highest BCUT2D eigenvalue weighted by atomic mass is 35.5. The van der Waals surface area contributed by atoms with Crippen molar-refractivity contribution in [1.29, 1.82) is 0 Å². The zero-order chi connectivity index (χ0) is 17.4. The molecule has 0 bridgehead atoms. The van der Waals surface area contributed by atoms with Gasteiger partial charge in [0.15, 0.2) is 9.84 Å². The molecule has 2 rings (SSSR count). The predicted molar refractivity (Wildman–Crippen MR) is 100 cm³/mol. The second-order valence-corrected chi connectivity index (χ2v) is 8.19. The van der Waals surface area contributed by atoms with E-state index < -0.39 is 9.84 Å². The molecule has 25 heavy (non-hydrogen) atoms. The molecule has 1 heterocycles. The van der Waals surface area contributed by atoms with Crippen molar-refractivity contribution in [2.75, 3.05) is 32.5 Å². The number of halogens is 1. The number of carbonyl (C=O) groups is 1. The van der Waals surface area contributed by atoms with Gasteiger partial charge in [0.25, 0.3) is 0 Å². The normalized spacial score (nSPS) is 15.2. The summed E-state index contributed by atoms with van der Waals surface area (Å²) in [6, 6.07) is 6.27. The highest BCUT2D eigenvalue weighted by Gasteiger charge is 2.14. The van der Waals surface area contributed by atoms with Crippen LogP contribution in [0.3, 0.4) is 0 Å². The maximum Gasteiger partial charge on any atom is 0.220 e. The van der Waals surface area contributed by atoms with E-state index in [1.54, 1.807) is 12.1 Å². The quantitative estimate of drug-likeness (QED) is 0.661. The SMILES string of the molecule is CS(=O)(=O)c1ccc(OCCNC(=O)CCC2CCNCC2)cc1.Cl. The molecule has 0 radical (unpaired) electrons. The Labute approximate surface area is 156 Å². The van der Waals surface area contributed by atoms with Gasteiger partial charge in [0, 0.05) is 12.7 Å². The average molecular weight is 391 g/mol. The minimum absolute atomic E-state index is 0. The first-order chi connectivity index (χ1) is 11.4. The van der Waals surface area contributed by atoms with Gasteiger partial charge in [0.2, 0.25) is 5.91 Å². The summed E-state index contributed by atoms with van der Waals surface area (Å²) in [5, 5.41) is 6.17. The Morgan fingerprint density at radius 3 is 2.48 bits per heavy atom. The van der Waals surface area contributed by atoms with Crippen LogP contribution < -0.4 is 15.4 Å². The summed E-state index contributed by atoms with van der Waals surface area (Å²) in [5.74, 6) is 1.30. The summed E-state index contributed by atoms with van der Waals surface area (Å²) in [7, 11) is -3.19. The van der Waals surface area contributed by atoms with Crippen LogP contribution in [0.5, 0.6) is 5.75 Å². The average Bonchev–Trinajstić information content (AvgIpc) is 2.57. The number of benzene rings is 1. The van der Waals surface area contributed by atoms with Gasteiger partial charge in [-0.05, 0) is 62.5 Å². The number of nitrogens with one attached hydrogen (secondary N) is 2. The van der Waals surface area contributed by atoms with Crippen LogP contribution in [0.2, 0.25) is 0 Å². The van der Waals surface area contributed by atoms with E-state index in [1.165, 1.54) is 18.4 Å². The molecule has 1 aliphatic rings. The zero-order valence-corrected chi connectivity index (χ0v) is 16.1. The van der Waals surface area contributed by atoms with Crippen LogP contribution in [0.1, 0.15) is 25.7 Å². The minimum atomic E-state index is -3.19. The van der Waals surface area contributed by atoms with Crippen LogP contribution in [0.15, 0.2) is 29.2 Å². The number of amides is 1. The number of hydrogen-bond acceptors (Lipinski definition) is 5. The van der Waals surface area contributed by atoms with Crippen LogP contribution in [-0.2, 0) is 14.6 Å². The lowest BCUT2D eigenvalue weighted by molar-refractivity contribution is -0.121. The molecular weight excluding hydrogens is 364 g/mol. The molecule has 1 saturated heterocycles. The van der Waals surface area contributed by atoms with Crippen molar-refractivity contribution in [1.82, 2.24) is 10.6 Å². The van der Waals surface area contributed by atoms with Crippen molar-refractivity contribution < 1.29 is 17.9 Å². The van der Waals surface area contributed by atoms with Gasteiger partial charge in [-0.3, -0.25) is 4.79 Å². The number of ether oxygens (including phenoxy) is 1. The highest BCUT2D eigenvalue weighted by molar-refractivity contribution is 7.90. The maximum absolute atomic E-state index is 11.8. The molecule has 1 aliphatic heterocycles. The highest BCUT2D eigenvalue weighted by Crippen LogP contribution is 2.17. The van der Waals surface area contributed by atoms with Crippen molar-refractivity contribution in [2.45, 2.75) is 30.6 Å². The third-order valence-electron chi connectivity index (χ3n) is 4.18. The molecule has 0 unspecified atom stereocenters. The van der Waals surface area contributed by atoms with E-state index in [9.17, 15) is 13.2 Å². The van der Waals surface area contributed by atoms with Crippen molar-refractivity contribution in [3.63, 3.8) is 0 Å². The van der Waals surface area contributed by atoms with Crippen LogP contribution in [0.4, 0.5) is 0 Å². The van der Waals surface area contributed by atoms with Crippen LogP contribution >= 0.6 is 12.4 Å². The van der Waals surface area contributed by atoms with Crippen molar-refractivity contribution >= 4 is 28.2 Å². The van der Waals surface area contributed by atoms with Gasteiger partial charge in [-0.15, -0.1) is 12.4 Å². The molecule has 1 aromatic carbocycles. The monoisotopic (exact) mass is 390 g/mol. The minimum Gasteiger partial charge on any atom is -0.492 e. The molecular formula is C17H27ClN2O4S. The standard InChI is InChI=1S/C17H26N2O4S.ClH/c1-24(21,22)16-5-3-15(4-6-16)23-13-12-19-17(20)7-2-14-8-10-18-11-9-14;/h3-6,14,18H,2,7-13H2,1H3,(H,19,20);1H. The van der Waals surface area contributed by atoms with Gasteiger partial charge < -0.3 is 15.4 Å². The van der Waals surface area contributed by atoms with E-state index in [-0.39, 0.29) is 23.2 Å². The van der Waals surface area contributed by atoms with E-state index in [2.05, 4.69) is 10.6 Å². The number of sulfone groups is 1. The summed E-state index contributed by atoms with van der Waals surface area (Å²) < 4.78 is 28.2. The Morgan fingerprint density at radius 2 is 1.88 bits per heavy atom. The van der Waals surface area contributed by atoms with E-state index in [4.69, 9.17) is 4.74 Å². The van der Waals surface area contributed by atoms with Crippen molar-refractivity contribution in [3.05, 3.63) is 24.3 Å². The second-order valence-electron chi connectivity index (χ2n) is 6.17. The van der Waals surface area contributed by atoms with Crippen molar-refractivity contribution in [3.8, 4) is 5.75 Å². The van der Waals surface area contributed by atoms with E-state index in [0.717, 1.165) is 32.4 Å². The number of rotatable bonds is 8. The van der Waals surface area contributed by atoms with Crippen molar-refractivity contribution in [2.24, 2.45) is 5.92 Å². The van der Waals surface area contributed by atoms with Crippen LogP contribution in [-0.4, -0.2) is 46.8 Å². The lowest BCUT2D eigenvalue weighted by Gasteiger charge is -2.22. The van der Waals surface area contributed by atoms with E-state index >= 15 is 0 Å². The molecule has 1 aromatic rings. The summed E-state index contributed by atoms with van der Waals surface area (Å²) in [5.41, 5.74) is 0. The van der Waals surface area contributed by atoms with Crippen LogP contribution in [0.25, 0.3) is 0 Å². The van der Waals surface area contributed by atoms with E-state index in [1.807, 2.05) is 0 Å². The Kier molecular flexibility index (Phi) is 9.24. The lowest BCUT2D eigenvalue weighted by atomic mass is 9.93. The molecule has 8 heteroatoms. The van der Waals surface area contributed by atoms with Gasteiger partial charge in [0.05, 0.1) is 11.4 Å². The third kappa shape index (κ3) is 8.07. The summed E-state index contributed by atoms with van der Waals surface area (Å²) >= 11 is 0. The molecule has 2 N–H and O–H groups in total. The maximum atomic E-state index is 11.8. The molecule has 1 fully saturated rings. The molecule has 0 aromatic heterocycles.